The van der Waals surface area contributed by atoms with Crippen LogP contribution in [0.1, 0.15) is 16.8 Å². The quantitative estimate of drug-likeness (QED) is 0.353. The molecule has 0 atom stereocenters. The van der Waals surface area contributed by atoms with Crippen molar-refractivity contribution >= 4 is 22.7 Å². The predicted molar refractivity (Wildman–Crippen MR) is 114 cm³/mol. The number of furan rings is 1. The molecule has 9 heteroatoms. The molecule has 2 N–H and O–H groups in total. The van der Waals surface area contributed by atoms with Crippen LogP contribution in [-0.2, 0) is 17.8 Å². The number of nitrogens with zero attached hydrogens (tertiary/aromatic N) is 1. The topological polar surface area (TPSA) is 96.4 Å². The van der Waals surface area contributed by atoms with Crippen LogP contribution in [-0.4, -0.2) is 27.9 Å². The van der Waals surface area contributed by atoms with Gasteiger partial charge in [-0.05, 0) is 47.5 Å². The van der Waals surface area contributed by atoms with E-state index in [0.717, 1.165) is 0 Å². The second-order valence-corrected chi connectivity index (χ2v) is 7.25. The summed E-state index contributed by atoms with van der Waals surface area (Å²) < 4.78 is 50.3. The number of hydrogen-bond acceptors (Lipinski definition) is 5. The number of ether oxygens (including phenoxy) is 1. The standard InChI is InChI=1S/C24H17F3N2O4/c25-24(26,27)23(28)19-11-15(5-7-29-19)18-10-14(9-17-6-8-32-22(17)18)13-33-20-4-2-1-3-16(20)12-21(30)31/h1-11,28H,12-13H2,(H,30,31). The average Bonchev–Trinajstić information content (AvgIpc) is 3.25. The van der Waals surface area contributed by atoms with E-state index < -0.39 is 23.6 Å². The summed E-state index contributed by atoms with van der Waals surface area (Å²) in [5.41, 5.74) is 0.599. The van der Waals surface area contributed by atoms with E-state index in [1.165, 1.54) is 24.6 Å². The molecular formula is C24H17F3N2O4. The van der Waals surface area contributed by atoms with Crippen molar-refractivity contribution in [3.8, 4) is 16.9 Å². The highest BCUT2D eigenvalue weighted by Crippen LogP contribution is 2.33. The number of para-hydroxylation sites is 1. The zero-order chi connectivity index (χ0) is 23.6. The molecule has 2 aromatic carbocycles. The first kappa shape index (κ1) is 22.1. The summed E-state index contributed by atoms with van der Waals surface area (Å²) in [6.07, 6.45) is -2.32. The van der Waals surface area contributed by atoms with Crippen LogP contribution in [0.5, 0.6) is 5.75 Å². The highest BCUT2D eigenvalue weighted by atomic mass is 19.4. The number of aromatic nitrogens is 1. The number of benzene rings is 2. The summed E-state index contributed by atoms with van der Waals surface area (Å²) in [6, 6.07) is 14.8. The molecule has 0 saturated heterocycles. The van der Waals surface area contributed by atoms with E-state index in [1.54, 1.807) is 36.4 Å². The van der Waals surface area contributed by atoms with Gasteiger partial charge in [0.05, 0.1) is 18.4 Å². The first-order chi connectivity index (χ1) is 15.7. The van der Waals surface area contributed by atoms with Crippen LogP contribution in [0, 0.1) is 5.41 Å². The summed E-state index contributed by atoms with van der Waals surface area (Å²) >= 11 is 0. The van der Waals surface area contributed by atoms with Gasteiger partial charge in [0.2, 0.25) is 0 Å². The zero-order valence-electron chi connectivity index (χ0n) is 17.0. The first-order valence-corrected chi connectivity index (χ1v) is 9.77. The third kappa shape index (κ3) is 4.87. The van der Waals surface area contributed by atoms with Crippen LogP contribution in [0.15, 0.2) is 71.5 Å². The average molecular weight is 454 g/mol. The van der Waals surface area contributed by atoms with Gasteiger partial charge >= 0.3 is 12.1 Å². The number of alkyl halides is 3. The van der Waals surface area contributed by atoms with Crippen molar-refractivity contribution in [1.29, 1.82) is 5.41 Å². The minimum absolute atomic E-state index is 0.0983. The lowest BCUT2D eigenvalue weighted by Crippen LogP contribution is -2.23. The number of carbonyl (C=O) groups is 1. The van der Waals surface area contributed by atoms with Crippen molar-refractivity contribution in [2.24, 2.45) is 0 Å². The first-order valence-electron chi connectivity index (χ1n) is 9.77. The fraction of sp³-hybridized carbons (Fsp3) is 0.125. The van der Waals surface area contributed by atoms with Crippen LogP contribution in [0.25, 0.3) is 22.1 Å². The number of pyridine rings is 1. The fourth-order valence-electron chi connectivity index (χ4n) is 3.44. The summed E-state index contributed by atoms with van der Waals surface area (Å²) in [7, 11) is 0. The fourth-order valence-corrected chi connectivity index (χ4v) is 3.44. The van der Waals surface area contributed by atoms with Crippen LogP contribution in [0.2, 0.25) is 0 Å². The molecule has 2 heterocycles. The summed E-state index contributed by atoms with van der Waals surface area (Å²) in [6.45, 7) is 0.0983. The number of aliphatic carboxylic acids is 1. The molecule has 0 unspecified atom stereocenters. The normalized spacial score (nSPS) is 11.5. The molecule has 0 radical (unpaired) electrons. The Bertz CT molecular complexity index is 1350. The number of hydrogen-bond donors (Lipinski definition) is 2. The molecule has 0 amide bonds. The Labute approximate surface area is 185 Å². The van der Waals surface area contributed by atoms with E-state index in [0.29, 0.717) is 39.0 Å². The largest absolute Gasteiger partial charge is 0.489 e. The molecule has 4 aromatic rings. The number of carboxylic acids is 1. The minimum Gasteiger partial charge on any atom is -0.489 e. The maximum absolute atomic E-state index is 13.0. The van der Waals surface area contributed by atoms with Crippen molar-refractivity contribution < 1.29 is 32.2 Å². The number of rotatable bonds is 7. The lowest BCUT2D eigenvalue weighted by Gasteiger charge is -2.13. The molecule has 6 nitrogen and oxygen atoms in total. The molecule has 0 aliphatic carbocycles. The monoisotopic (exact) mass is 454 g/mol. The van der Waals surface area contributed by atoms with Gasteiger partial charge < -0.3 is 14.3 Å². The van der Waals surface area contributed by atoms with Crippen molar-refractivity contribution in [3.63, 3.8) is 0 Å². The maximum atomic E-state index is 13.0. The van der Waals surface area contributed by atoms with Crippen LogP contribution in [0.4, 0.5) is 13.2 Å². The maximum Gasteiger partial charge on any atom is 0.434 e. The lowest BCUT2D eigenvalue weighted by atomic mass is 10.00. The summed E-state index contributed by atoms with van der Waals surface area (Å²) in [4.78, 5) is 14.8. The molecule has 4 rings (SSSR count). The second kappa shape index (κ2) is 8.78. The number of carboxylic acid groups (broad SMARTS) is 1. The molecule has 0 bridgehead atoms. The van der Waals surface area contributed by atoms with Crippen LogP contribution < -0.4 is 4.74 Å². The van der Waals surface area contributed by atoms with E-state index in [-0.39, 0.29) is 13.0 Å². The van der Waals surface area contributed by atoms with Crippen molar-refractivity contribution in [1.82, 2.24) is 4.98 Å². The van der Waals surface area contributed by atoms with Gasteiger partial charge in [-0.3, -0.25) is 15.2 Å². The predicted octanol–water partition coefficient (Wildman–Crippen LogP) is 5.63. The summed E-state index contributed by atoms with van der Waals surface area (Å²) in [5, 5.41) is 17.2. The van der Waals surface area contributed by atoms with Gasteiger partial charge in [-0.15, -0.1) is 0 Å². The SMILES string of the molecule is N=C(c1cc(-c2cc(COc3ccccc3CC(=O)O)cc3ccoc23)ccn1)C(F)(F)F. The van der Waals surface area contributed by atoms with Gasteiger partial charge in [0.15, 0.2) is 5.71 Å². The van der Waals surface area contributed by atoms with Gasteiger partial charge in [-0.2, -0.15) is 13.2 Å². The van der Waals surface area contributed by atoms with Crippen molar-refractivity contribution in [2.45, 2.75) is 19.2 Å². The molecule has 33 heavy (non-hydrogen) atoms. The van der Waals surface area contributed by atoms with E-state index in [2.05, 4.69) is 4.98 Å². The molecule has 0 saturated carbocycles. The Morgan fingerprint density at radius 2 is 1.91 bits per heavy atom. The van der Waals surface area contributed by atoms with E-state index >= 15 is 0 Å². The number of halogens is 3. The van der Waals surface area contributed by atoms with Gasteiger partial charge in [-0.1, -0.05) is 18.2 Å². The Balaban J connectivity index is 1.68. The molecule has 0 aliphatic rings. The third-order valence-corrected chi connectivity index (χ3v) is 4.93. The zero-order valence-corrected chi connectivity index (χ0v) is 17.0. The van der Waals surface area contributed by atoms with E-state index in [1.807, 2.05) is 6.07 Å². The van der Waals surface area contributed by atoms with Crippen molar-refractivity contribution in [3.05, 3.63) is 83.9 Å². The Morgan fingerprint density at radius 1 is 1.12 bits per heavy atom. The van der Waals surface area contributed by atoms with Crippen LogP contribution in [0.3, 0.4) is 0 Å². The molecule has 0 spiro atoms. The number of nitrogens with one attached hydrogen (secondary N) is 1. The van der Waals surface area contributed by atoms with Gasteiger partial charge in [0.1, 0.15) is 17.9 Å². The molecule has 2 aromatic heterocycles. The van der Waals surface area contributed by atoms with Gasteiger partial charge in [-0.25, -0.2) is 0 Å². The van der Waals surface area contributed by atoms with Crippen molar-refractivity contribution in [2.75, 3.05) is 0 Å². The summed E-state index contributed by atoms with van der Waals surface area (Å²) in [5.74, 6) is -0.551. The second-order valence-electron chi connectivity index (χ2n) is 7.25. The van der Waals surface area contributed by atoms with Gasteiger partial charge in [0, 0.05) is 22.7 Å². The van der Waals surface area contributed by atoms with Gasteiger partial charge in [0.25, 0.3) is 0 Å². The Hall–Kier alpha value is -4.14. The third-order valence-electron chi connectivity index (χ3n) is 4.93. The Morgan fingerprint density at radius 3 is 2.67 bits per heavy atom. The van der Waals surface area contributed by atoms with Crippen LogP contribution >= 0.6 is 0 Å². The smallest absolute Gasteiger partial charge is 0.434 e. The molecular weight excluding hydrogens is 437 g/mol. The lowest BCUT2D eigenvalue weighted by molar-refractivity contribution is -0.136. The molecule has 0 fully saturated rings. The van der Waals surface area contributed by atoms with E-state index in [9.17, 15) is 18.0 Å². The number of fused-ring (bicyclic) bond motifs is 1. The van der Waals surface area contributed by atoms with E-state index in [4.69, 9.17) is 19.7 Å². The Kier molecular flexibility index (Phi) is 5.87. The highest BCUT2D eigenvalue weighted by molar-refractivity contribution is 6.02. The molecule has 0 aliphatic heterocycles. The highest BCUT2D eigenvalue weighted by Gasteiger charge is 2.36. The minimum atomic E-state index is -4.81. The molecule has 168 valence electrons.